The molecule has 0 unspecified atom stereocenters. The minimum atomic E-state index is -0.586. The highest BCUT2D eigenvalue weighted by Crippen LogP contribution is 2.31. The largest absolute Gasteiger partial charge is 0.467 e. The molecule has 2 aromatic heterocycles. The van der Waals surface area contributed by atoms with Gasteiger partial charge in [-0.3, -0.25) is 14.9 Å². The molecule has 0 spiro atoms. The van der Waals surface area contributed by atoms with Crippen LogP contribution in [0.1, 0.15) is 22.6 Å². The quantitative estimate of drug-likeness (QED) is 0.274. The zero-order valence-electron chi connectivity index (χ0n) is 18.1. The minimum Gasteiger partial charge on any atom is -0.467 e. The second kappa shape index (κ2) is 11.0. The van der Waals surface area contributed by atoms with Gasteiger partial charge < -0.3 is 13.9 Å². The lowest BCUT2D eigenvalue weighted by Crippen LogP contribution is -2.25. The van der Waals surface area contributed by atoms with Gasteiger partial charge in [0.1, 0.15) is 28.2 Å². The second-order valence-electron chi connectivity index (χ2n) is 6.85. The third kappa shape index (κ3) is 5.94. The lowest BCUT2D eigenvalue weighted by Gasteiger charge is -2.10. The molecule has 34 heavy (non-hydrogen) atoms. The van der Waals surface area contributed by atoms with Gasteiger partial charge in [-0.15, -0.1) is 0 Å². The average Bonchev–Trinajstić information content (AvgIpc) is 3.26. The number of benzene rings is 1. The Morgan fingerprint density at radius 2 is 2.18 bits per heavy atom. The highest BCUT2D eigenvalue weighted by molar-refractivity contribution is 6.32. The van der Waals surface area contributed by atoms with Crippen LogP contribution in [0.25, 0.3) is 11.3 Å². The number of carbonyl (C=O) groups is 1. The molecule has 3 rings (SSSR count). The van der Waals surface area contributed by atoms with Gasteiger partial charge in [-0.25, -0.2) is 10.4 Å². The Morgan fingerprint density at radius 3 is 2.88 bits per heavy atom. The van der Waals surface area contributed by atoms with E-state index in [1.807, 2.05) is 6.07 Å². The Bertz CT molecular complexity index is 1300. The van der Waals surface area contributed by atoms with Crippen LogP contribution in [-0.4, -0.2) is 35.7 Å². The number of nitrogens with zero attached hydrogens (tertiary/aromatic N) is 4. The molecule has 0 saturated carbocycles. The smallest absolute Gasteiger partial charge is 0.288 e. The Hall–Kier alpha value is -4.27. The molecule has 1 amide bonds. The Kier molecular flexibility index (Phi) is 7.92. The van der Waals surface area contributed by atoms with Gasteiger partial charge in [-0.05, 0) is 37.3 Å². The number of nitro groups is 1. The average molecular weight is 484 g/mol. The van der Waals surface area contributed by atoms with Crippen molar-refractivity contribution in [1.82, 2.24) is 10.4 Å². The van der Waals surface area contributed by atoms with E-state index >= 15 is 0 Å². The van der Waals surface area contributed by atoms with Crippen LogP contribution in [0.3, 0.4) is 0 Å². The van der Waals surface area contributed by atoms with Crippen molar-refractivity contribution in [2.45, 2.75) is 13.5 Å². The molecule has 174 valence electrons. The molecule has 3 aromatic rings. The van der Waals surface area contributed by atoms with Crippen LogP contribution in [-0.2, 0) is 16.1 Å². The Morgan fingerprint density at radius 1 is 1.38 bits per heavy atom. The zero-order chi connectivity index (χ0) is 24.7. The van der Waals surface area contributed by atoms with E-state index in [9.17, 15) is 20.2 Å². The van der Waals surface area contributed by atoms with Crippen molar-refractivity contribution in [3.8, 4) is 23.3 Å². The number of halogens is 1. The van der Waals surface area contributed by atoms with E-state index in [1.165, 1.54) is 25.5 Å². The molecule has 0 fully saturated rings. The van der Waals surface area contributed by atoms with Gasteiger partial charge in [-0.1, -0.05) is 11.6 Å². The number of hydrogen-bond donors (Lipinski definition) is 1. The van der Waals surface area contributed by atoms with Crippen molar-refractivity contribution in [1.29, 1.82) is 5.26 Å². The first-order chi connectivity index (χ1) is 16.3. The van der Waals surface area contributed by atoms with Crippen molar-refractivity contribution in [3.05, 3.63) is 74.1 Å². The summed E-state index contributed by atoms with van der Waals surface area (Å²) in [6.45, 7) is 1.51. The highest BCUT2D eigenvalue weighted by atomic mass is 35.5. The molecule has 1 N–H and O–H groups in total. The molecular formula is C22H18ClN5O6. The molecule has 2 heterocycles. The molecule has 1 aromatic carbocycles. The molecule has 0 saturated heterocycles. The molecule has 0 aliphatic carbocycles. The normalized spacial score (nSPS) is 10.8. The minimum absolute atomic E-state index is 0.0182. The lowest BCUT2D eigenvalue weighted by atomic mass is 10.1. The van der Waals surface area contributed by atoms with Gasteiger partial charge in [-0.2, -0.15) is 10.4 Å². The number of carbonyl (C=O) groups excluding carboxylic acids is 1. The third-order valence-corrected chi connectivity index (χ3v) is 4.70. The number of nitrogens with one attached hydrogen (secondary N) is 1. The molecule has 0 aliphatic rings. The summed E-state index contributed by atoms with van der Waals surface area (Å²) in [5, 5.41) is 24.3. The number of aromatic nitrogens is 1. The molecular weight excluding hydrogens is 466 g/mol. The predicted molar refractivity (Wildman–Crippen MR) is 121 cm³/mol. The van der Waals surface area contributed by atoms with Crippen LogP contribution in [0.15, 0.2) is 45.9 Å². The monoisotopic (exact) mass is 483 g/mol. The van der Waals surface area contributed by atoms with E-state index in [1.54, 1.807) is 31.2 Å². The predicted octanol–water partition coefficient (Wildman–Crippen LogP) is 3.76. The zero-order valence-corrected chi connectivity index (χ0v) is 18.8. The summed E-state index contributed by atoms with van der Waals surface area (Å²) in [5.41, 5.74) is 3.90. The number of nitro benzene ring substituents is 1. The summed E-state index contributed by atoms with van der Waals surface area (Å²) >= 11 is 5.82. The van der Waals surface area contributed by atoms with Crippen LogP contribution in [0.5, 0.6) is 5.88 Å². The molecule has 0 atom stereocenters. The summed E-state index contributed by atoms with van der Waals surface area (Å²) in [5.74, 6) is 0.0979. The van der Waals surface area contributed by atoms with Crippen LogP contribution < -0.4 is 10.2 Å². The first-order valence-electron chi connectivity index (χ1n) is 9.70. The van der Waals surface area contributed by atoms with E-state index in [4.69, 9.17) is 25.5 Å². The van der Waals surface area contributed by atoms with Gasteiger partial charge >= 0.3 is 0 Å². The first kappa shape index (κ1) is 24.4. The number of aryl methyl sites for hydroxylation is 1. The van der Waals surface area contributed by atoms with Crippen LogP contribution in [0, 0.1) is 28.4 Å². The lowest BCUT2D eigenvalue weighted by molar-refractivity contribution is -0.384. The number of ether oxygens (including phenoxy) is 2. The van der Waals surface area contributed by atoms with E-state index in [-0.39, 0.29) is 28.8 Å². The third-order valence-electron chi connectivity index (χ3n) is 4.38. The van der Waals surface area contributed by atoms with E-state index in [2.05, 4.69) is 15.5 Å². The number of methoxy groups -OCH3 is 1. The maximum Gasteiger partial charge on any atom is 0.288 e. The maximum absolute atomic E-state index is 12.1. The fraction of sp³-hybridized carbons (Fsp3) is 0.182. The van der Waals surface area contributed by atoms with Crippen molar-refractivity contribution in [2.75, 3.05) is 13.7 Å². The Labute approximate surface area is 198 Å². The molecule has 12 heteroatoms. The number of hydrazone groups is 1. The van der Waals surface area contributed by atoms with E-state index < -0.39 is 17.4 Å². The number of hydrogen-bond acceptors (Lipinski definition) is 9. The van der Waals surface area contributed by atoms with Gasteiger partial charge in [0.15, 0.2) is 6.61 Å². The van der Waals surface area contributed by atoms with Gasteiger partial charge in [0.2, 0.25) is 5.88 Å². The SMILES string of the molecule is COCc1cc(C)nc(OCC(=O)N/N=C/c2ccc(-c3ccc(Cl)c([N+](=O)[O-])c3)o2)c1C#N. The summed E-state index contributed by atoms with van der Waals surface area (Å²) in [6, 6.07) is 11.2. The van der Waals surface area contributed by atoms with Crippen LogP contribution in [0.4, 0.5) is 5.69 Å². The van der Waals surface area contributed by atoms with E-state index in [0.717, 1.165) is 0 Å². The van der Waals surface area contributed by atoms with Gasteiger partial charge in [0.25, 0.3) is 11.6 Å². The molecule has 0 radical (unpaired) electrons. The standard InChI is InChI=1S/C22H18ClN5O6/c1-13-7-15(11-32-2)17(9-24)22(26-13)33-12-21(29)27-25-10-16-4-6-20(34-16)14-3-5-18(23)19(8-14)28(30)31/h3-8,10H,11-12H2,1-2H3,(H,27,29)/b25-10+. The fourth-order valence-electron chi connectivity index (χ4n) is 2.92. The summed E-state index contributed by atoms with van der Waals surface area (Å²) in [7, 11) is 1.50. The van der Waals surface area contributed by atoms with E-state index in [0.29, 0.717) is 28.3 Å². The van der Waals surface area contributed by atoms with Crippen LogP contribution >= 0.6 is 11.6 Å². The fourth-order valence-corrected chi connectivity index (χ4v) is 3.11. The maximum atomic E-state index is 12.1. The second-order valence-corrected chi connectivity index (χ2v) is 7.26. The van der Waals surface area contributed by atoms with Gasteiger partial charge in [0, 0.05) is 30.0 Å². The van der Waals surface area contributed by atoms with Crippen molar-refractivity contribution in [2.24, 2.45) is 5.10 Å². The number of furan rings is 1. The highest BCUT2D eigenvalue weighted by Gasteiger charge is 2.16. The van der Waals surface area contributed by atoms with Crippen molar-refractivity contribution < 1.29 is 23.6 Å². The van der Waals surface area contributed by atoms with Crippen LogP contribution in [0.2, 0.25) is 5.02 Å². The topological polar surface area (TPSA) is 153 Å². The van der Waals surface area contributed by atoms with Gasteiger partial charge in [0.05, 0.1) is 17.7 Å². The number of pyridine rings is 1. The summed E-state index contributed by atoms with van der Waals surface area (Å²) in [4.78, 5) is 26.7. The summed E-state index contributed by atoms with van der Waals surface area (Å²) in [6.07, 6.45) is 1.26. The number of amides is 1. The first-order valence-corrected chi connectivity index (χ1v) is 10.1. The number of nitriles is 1. The summed E-state index contributed by atoms with van der Waals surface area (Å²) < 4.78 is 16.1. The van der Waals surface area contributed by atoms with Crippen molar-refractivity contribution in [3.63, 3.8) is 0 Å². The van der Waals surface area contributed by atoms with Crippen molar-refractivity contribution >= 4 is 29.4 Å². The molecule has 11 nitrogen and oxygen atoms in total. The molecule has 0 aliphatic heterocycles. The Balaban J connectivity index is 1.61. The molecule has 0 bridgehead atoms. The number of rotatable bonds is 9.